The molecule has 0 aromatic rings. The van der Waals surface area contributed by atoms with Crippen LogP contribution in [-0.4, -0.2) is 35.0 Å². The minimum absolute atomic E-state index is 0.529. The van der Waals surface area contributed by atoms with Crippen LogP contribution in [0, 0.1) is 0 Å². The van der Waals surface area contributed by atoms with Crippen LogP contribution in [0.5, 0.6) is 0 Å². The molecule has 0 amide bonds. The van der Waals surface area contributed by atoms with Crippen LogP contribution in [0.1, 0.15) is 26.7 Å². The van der Waals surface area contributed by atoms with Crippen molar-refractivity contribution in [2.45, 2.75) is 31.4 Å². The average Bonchev–Trinajstić information content (AvgIpc) is 2.19. The first-order valence-electron chi connectivity index (χ1n) is 5.23. The Morgan fingerprint density at radius 1 is 1.46 bits per heavy atom. The maximum Gasteiger partial charge on any atom is 0.0282 e. The van der Waals surface area contributed by atoms with Crippen LogP contribution in [0.2, 0.25) is 0 Å². The Morgan fingerprint density at radius 3 is 2.69 bits per heavy atom. The summed E-state index contributed by atoms with van der Waals surface area (Å²) in [5, 5.41) is 0. The minimum Gasteiger partial charge on any atom is -0.297 e. The number of rotatable bonds is 4. The zero-order valence-corrected chi connectivity index (χ0v) is 9.70. The molecule has 1 aliphatic rings. The lowest BCUT2D eigenvalue weighted by atomic mass is 10.0. The third-order valence-electron chi connectivity index (χ3n) is 3.00. The van der Waals surface area contributed by atoms with Crippen molar-refractivity contribution < 1.29 is 0 Å². The maximum atomic E-state index is 3.81. The minimum atomic E-state index is 0.529. The smallest absolute Gasteiger partial charge is 0.0282 e. The zero-order valence-electron chi connectivity index (χ0n) is 8.88. The van der Waals surface area contributed by atoms with Crippen molar-refractivity contribution in [3.8, 4) is 0 Å². The molecule has 0 saturated carbocycles. The molecule has 0 N–H and O–H groups in total. The SMILES string of the molecule is C=CCN1CCSC(CC)(CC)C1. The third-order valence-corrected chi connectivity index (χ3v) is 4.71. The van der Waals surface area contributed by atoms with Crippen molar-refractivity contribution in [3.05, 3.63) is 12.7 Å². The summed E-state index contributed by atoms with van der Waals surface area (Å²) in [5.41, 5.74) is 0. The van der Waals surface area contributed by atoms with E-state index >= 15 is 0 Å². The van der Waals surface area contributed by atoms with E-state index in [1.165, 1.54) is 31.7 Å². The number of thioether (sulfide) groups is 1. The Kier molecular flexibility index (Phi) is 4.33. The summed E-state index contributed by atoms with van der Waals surface area (Å²) in [6.45, 7) is 12.0. The molecule has 0 radical (unpaired) electrons. The lowest BCUT2D eigenvalue weighted by Gasteiger charge is -2.41. The quantitative estimate of drug-likeness (QED) is 0.641. The normalized spacial score (nSPS) is 22.9. The average molecular weight is 199 g/mol. The van der Waals surface area contributed by atoms with Crippen LogP contribution in [0.4, 0.5) is 0 Å². The van der Waals surface area contributed by atoms with E-state index < -0.39 is 0 Å². The summed E-state index contributed by atoms with van der Waals surface area (Å²) < 4.78 is 0.529. The Hall–Kier alpha value is 0.0500. The Labute approximate surface area is 86.6 Å². The molecule has 1 nitrogen and oxygen atoms in total. The van der Waals surface area contributed by atoms with Crippen molar-refractivity contribution in [1.82, 2.24) is 4.90 Å². The van der Waals surface area contributed by atoms with E-state index in [9.17, 15) is 0 Å². The molecule has 1 rings (SSSR count). The van der Waals surface area contributed by atoms with E-state index in [-0.39, 0.29) is 0 Å². The molecular weight excluding hydrogens is 178 g/mol. The van der Waals surface area contributed by atoms with E-state index in [4.69, 9.17) is 0 Å². The third kappa shape index (κ3) is 2.75. The van der Waals surface area contributed by atoms with Crippen molar-refractivity contribution in [1.29, 1.82) is 0 Å². The lowest BCUT2D eigenvalue weighted by Crippen LogP contribution is -2.45. The molecule has 0 aromatic heterocycles. The molecule has 0 aromatic carbocycles. The molecule has 1 heterocycles. The zero-order chi connectivity index (χ0) is 9.73. The van der Waals surface area contributed by atoms with Gasteiger partial charge in [0.25, 0.3) is 0 Å². The number of hydrogen-bond acceptors (Lipinski definition) is 2. The van der Waals surface area contributed by atoms with Gasteiger partial charge in [0, 0.05) is 30.1 Å². The monoisotopic (exact) mass is 199 g/mol. The second kappa shape index (κ2) is 5.06. The van der Waals surface area contributed by atoms with Gasteiger partial charge in [-0.15, -0.1) is 6.58 Å². The van der Waals surface area contributed by atoms with Crippen molar-refractivity contribution in [2.75, 3.05) is 25.4 Å². The van der Waals surface area contributed by atoms with E-state index in [0.717, 1.165) is 6.54 Å². The maximum absolute atomic E-state index is 3.81. The highest BCUT2D eigenvalue weighted by Gasteiger charge is 2.32. The molecule has 0 aliphatic carbocycles. The Morgan fingerprint density at radius 2 is 2.15 bits per heavy atom. The largest absolute Gasteiger partial charge is 0.297 e. The van der Waals surface area contributed by atoms with Crippen LogP contribution >= 0.6 is 11.8 Å². The predicted octanol–water partition coefficient (Wildman–Crippen LogP) is 2.78. The molecule has 76 valence electrons. The summed E-state index contributed by atoms with van der Waals surface area (Å²) in [6, 6.07) is 0. The van der Waals surface area contributed by atoms with Gasteiger partial charge in [0.15, 0.2) is 0 Å². The molecule has 0 bridgehead atoms. The highest BCUT2D eigenvalue weighted by atomic mass is 32.2. The summed E-state index contributed by atoms with van der Waals surface area (Å²) >= 11 is 2.16. The van der Waals surface area contributed by atoms with Gasteiger partial charge in [-0.1, -0.05) is 19.9 Å². The second-order valence-electron chi connectivity index (χ2n) is 3.76. The predicted molar refractivity (Wildman–Crippen MR) is 62.4 cm³/mol. The van der Waals surface area contributed by atoms with E-state index in [1.54, 1.807) is 0 Å². The van der Waals surface area contributed by atoms with Gasteiger partial charge in [-0.05, 0) is 12.8 Å². The van der Waals surface area contributed by atoms with Gasteiger partial charge in [-0.25, -0.2) is 0 Å². The first-order chi connectivity index (χ1) is 6.26. The number of hydrogen-bond donors (Lipinski definition) is 0. The summed E-state index contributed by atoms with van der Waals surface area (Å²) in [6.07, 6.45) is 4.61. The molecule has 1 fully saturated rings. The van der Waals surface area contributed by atoms with Crippen LogP contribution in [0.25, 0.3) is 0 Å². The first-order valence-corrected chi connectivity index (χ1v) is 6.22. The molecule has 1 saturated heterocycles. The van der Waals surface area contributed by atoms with Gasteiger partial charge < -0.3 is 0 Å². The fraction of sp³-hybridized carbons (Fsp3) is 0.818. The van der Waals surface area contributed by atoms with E-state index in [0.29, 0.717) is 4.75 Å². The molecule has 0 atom stereocenters. The molecule has 0 spiro atoms. The van der Waals surface area contributed by atoms with Gasteiger partial charge in [0.1, 0.15) is 0 Å². The van der Waals surface area contributed by atoms with Gasteiger partial charge in [-0.3, -0.25) is 4.90 Å². The second-order valence-corrected chi connectivity index (χ2v) is 5.33. The van der Waals surface area contributed by atoms with Crippen molar-refractivity contribution in [3.63, 3.8) is 0 Å². The van der Waals surface area contributed by atoms with Crippen molar-refractivity contribution >= 4 is 11.8 Å². The van der Waals surface area contributed by atoms with E-state index in [2.05, 4.69) is 37.1 Å². The summed E-state index contributed by atoms with van der Waals surface area (Å²) in [4.78, 5) is 2.52. The van der Waals surface area contributed by atoms with Crippen LogP contribution in [0.15, 0.2) is 12.7 Å². The standard InChI is InChI=1S/C11H21NS/c1-4-7-12-8-9-13-11(5-2,6-3)10-12/h4H,1,5-10H2,2-3H3. The Bertz CT molecular complexity index is 163. The Balaban J connectivity index is 2.52. The van der Waals surface area contributed by atoms with Gasteiger partial charge >= 0.3 is 0 Å². The highest BCUT2D eigenvalue weighted by molar-refractivity contribution is 8.00. The van der Waals surface area contributed by atoms with Crippen molar-refractivity contribution in [2.24, 2.45) is 0 Å². The van der Waals surface area contributed by atoms with Gasteiger partial charge in [-0.2, -0.15) is 11.8 Å². The topological polar surface area (TPSA) is 3.24 Å². The fourth-order valence-corrected chi connectivity index (χ4v) is 3.40. The van der Waals surface area contributed by atoms with Crippen LogP contribution < -0.4 is 0 Å². The number of nitrogens with zero attached hydrogens (tertiary/aromatic N) is 1. The first kappa shape index (κ1) is 11.1. The fourth-order valence-electron chi connectivity index (χ4n) is 1.94. The van der Waals surface area contributed by atoms with E-state index in [1.807, 2.05) is 6.08 Å². The molecule has 1 aliphatic heterocycles. The van der Waals surface area contributed by atoms with Crippen LogP contribution in [-0.2, 0) is 0 Å². The lowest BCUT2D eigenvalue weighted by molar-refractivity contribution is 0.264. The highest BCUT2D eigenvalue weighted by Crippen LogP contribution is 2.36. The summed E-state index contributed by atoms with van der Waals surface area (Å²) in [7, 11) is 0. The molecule has 2 heteroatoms. The summed E-state index contributed by atoms with van der Waals surface area (Å²) in [5.74, 6) is 1.29. The molecule has 13 heavy (non-hydrogen) atoms. The molecule has 0 unspecified atom stereocenters. The van der Waals surface area contributed by atoms with Gasteiger partial charge in [0.2, 0.25) is 0 Å². The van der Waals surface area contributed by atoms with Crippen LogP contribution in [0.3, 0.4) is 0 Å². The van der Waals surface area contributed by atoms with Gasteiger partial charge in [0.05, 0.1) is 0 Å². The molecular formula is C11H21NS.